The summed E-state index contributed by atoms with van der Waals surface area (Å²) in [6.45, 7) is 0. The Labute approximate surface area is 112 Å². The van der Waals surface area contributed by atoms with Gasteiger partial charge in [-0.25, -0.2) is 22.2 Å². The minimum absolute atomic E-state index is 0.503. The number of pyridine rings is 1. The van der Waals surface area contributed by atoms with Gasteiger partial charge in [-0.15, -0.1) is 0 Å². The Bertz CT molecular complexity index is 580. The van der Waals surface area contributed by atoms with E-state index in [0.29, 0.717) is 6.20 Å². The van der Waals surface area contributed by atoms with Gasteiger partial charge in [-0.05, 0) is 22.6 Å². The fourth-order valence-corrected chi connectivity index (χ4v) is 2.90. The lowest BCUT2D eigenvalue weighted by Gasteiger charge is -2.05. The Morgan fingerprint density at radius 1 is 1.53 bits per heavy atom. The van der Waals surface area contributed by atoms with E-state index in [-0.39, 0.29) is 0 Å². The van der Waals surface area contributed by atoms with Crippen LogP contribution in [0.15, 0.2) is 11.2 Å². The summed E-state index contributed by atoms with van der Waals surface area (Å²) in [5.41, 5.74) is -1.76. The van der Waals surface area contributed by atoms with Crippen LogP contribution in [0.3, 0.4) is 0 Å². The molecule has 1 aromatic rings. The average Bonchev–Trinajstić information content (AvgIpc) is 2.14. The fraction of sp³-hybridized carbons (Fsp3) is 0.167. The van der Waals surface area contributed by atoms with Crippen LogP contribution in [-0.2, 0) is 9.05 Å². The van der Waals surface area contributed by atoms with Crippen LogP contribution in [0.1, 0.15) is 12.0 Å². The normalized spacial score (nSPS) is 11.8. The zero-order valence-electron chi connectivity index (χ0n) is 7.60. The molecular weight excluding hydrogens is 396 g/mol. The van der Waals surface area contributed by atoms with Crippen LogP contribution in [0, 0.1) is 13.7 Å². The molecular formula is C6H2ClF2IN2O4S. The molecule has 0 radical (unpaired) electrons. The number of halogens is 4. The molecule has 11 heteroatoms. The number of hydrogen-bond acceptors (Lipinski definition) is 5. The molecule has 94 valence electrons. The molecule has 0 atom stereocenters. The third-order valence-electron chi connectivity index (χ3n) is 1.63. The largest absolute Gasteiger partial charge is 0.321 e. The van der Waals surface area contributed by atoms with Gasteiger partial charge in [0.25, 0.3) is 15.5 Å². The van der Waals surface area contributed by atoms with Crippen molar-refractivity contribution in [2.24, 2.45) is 0 Å². The predicted molar refractivity (Wildman–Crippen MR) is 61.6 cm³/mol. The Balaban J connectivity index is 3.69. The van der Waals surface area contributed by atoms with Crippen molar-refractivity contribution < 1.29 is 22.1 Å². The summed E-state index contributed by atoms with van der Waals surface area (Å²) in [6, 6.07) is 0. The highest BCUT2D eigenvalue weighted by molar-refractivity contribution is 14.1. The molecule has 0 aliphatic carbocycles. The van der Waals surface area contributed by atoms with E-state index in [1.54, 1.807) is 0 Å². The Morgan fingerprint density at radius 2 is 2.06 bits per heavy atom. The van der Waals surface area contributed by atoms with E-state index in [9.17, 15) is 27.3 Å². The lowest BCUT2D eigenvalue weighted by molar-refractivity contribution is -0.389. The maximum absolute atomic E-state index is 12.4. The molecule has 0 N–H and O–H groups in total. The lowest BCUT2D eigenvalue weighted by Crippen LogP contribution is -2.06. The summed E-state index contributed by atoms with van der Waals surface area (Å²) in [5, 5.41) is 9.61. The summed E-state index contributed by atoms with van der Waals surface area (Å²) >= 11 is 1.25. The van der Waals surface area contributed by atoms with Crippen LogP contribution in [-0.4, -0.2) is 18.3 Å². The zero-order chi connectivity index (χ0) is 13.4. The van der Waals surface area contributed by atoms with Gasteiger partial charge in [-0.1, -0.05) is 0 Å². The second-order valence-electron chi connectivity index (χ2n) is 2.68. The average molecular weight is 399 g/mol. The van der Waals surface area contributed by atoms with Crippen molar-refractivity contribution in [3.63, 3.8) is 0 Å². The van der Waals surface area contributed by atoms with E-state index in [0.717, 1.165) is 0 Å². The van der Waals surface area contributed by atoms with Crippen LogP contribution in [0.25, 0.3) is 0 Å². The predicted octanol–water partition coefficient (Wildman–Crippen LogP) is 2.46. The van der Waals surface area contributed by atoms with Gasteiger partial charge < -0.3 is 0 Å². The molecule has 0 saturated carbocycles. The van der Waals surface area contributed by atoms with E-state index in [4.69, 9.17) is 10.7 Å². The van der Waals surface area contributed by atoms with Crippen LogP contribution < -0.4 is 0 Å². The number of nitro groups is 1. The summed E-state index contributed by atoms with van der Waals surface area (Å²) in [5.74, 6) is 0. The van der Waals surface area contributed by atoms with E-state index < -0.39 is 40.2 Å². The van der Waals surface area contributed by atoms with Gasteiger partial charge >= 0.3 is 5.69 Å². The maximum Gasteiger partial charge on any atom is 0.321 e. The molecule has 0 spiro atoms. The number of rotatable bonds is 3. The minimum atomic E-state index is -4.47. The SMILES string of the molecule is O=[N+]([O-])c1c(S(=O)(=O)Cl)ncc(C(F)F)c1I. The number of nitrogens with zero attached hydrogens (tertiary/aromatic N) is 2. The summed E-state index contributed by atoms with van der Waals surface area (Å²) < 4.78 is 46.4. The van der Waals surface area contributed by atoms with Gasteiger partial charge in [0.1, 0.15) is 3.57 Å². The minimum Gasteiger partial charge on any atom is -0.258 e. The highest BCUT2D eigenvalue weighted by atomic mass is 127. The maximum atomic E-state index is 12.4. The van der Waals surface area contributed by atoms with Crippen molar-refractivity contribution in [2.75, 3.05) is 0 Å². The number of aromatic nitrogens is 1. The van der Waals surface area contributed by atoms with Crippen molar-refractivity contribution in [1.29, 1.82) is 0 Å². The first kappa shape index (κ1) is 14.4. The first-order valence-corrected chi connectivity index (χ1v) is 7.10. The summed E-state index contributed by atoms with van der Waals surface area (Å²) in [6.07, 6.45) is -2.45. The van der Waals surface area contributed by atoms with E-state index in [2.05, 4.69) is 4.98 Å². The molecule has 0 aromatic carbocycles. The second kappa shape index (κ2) is 4.94. The lowest BCUT2D eigenvalue weighted by atomic mass is 10.3. The van der Waals surface area contributed by atoms with Crippen LogP contribution >= 0.6 is 33.3 Å². The van der Waals surface area contributed by atoms with Crippen LogP contribution in [0.4, 0.5) is 14.5 Å². The second-order valence-corrected chi connectivity index (χ2v) is 6.24. The van der Waals surface area contributed by atoms with Gasteiger partial charge in [0.15, 0.2) is 0 Å². The topological polar surface area (TPSA) is 90.2 Å². The van der Waals surface area contributed by atoms with Crippen molar-refractivity contribution in [3.8, 4) is 0 Å². The smallest absolute Gasteiger partial charge is 0.258 e. The summed E-state index contributed by atoms with van der Waals surface area (Å²) in [4.78, 5) is 12.6. The summed E-state index contributed by atoms with van der Waals surface area (Å²) in [7, 11) is 0.452. The molecule has 1 aromatic heterocycles. The van der Waals surface area contributed by atoms with Gasteiger partial charge in [0, 0.05) is 16.9 Å². The van der Waals surface area contributed by atoms with Crippen molar-refractivity contribution in [1.82, 2.24) is 4.98 Å². The first-order valence-electron chi connectivity index (χ1n) is 3.72. The quantitative estimate of drug-likeness (QED) is 0.338. The van der Waals surface area contributed by atoms with Gasteiger partial charge in [-0.3, -0.25) is 10.1 Å². The molecule has 0 unspecified atom stereocenters. The first-order chi connectivity index (χ1) is 7.66. The van der Waals surface area contributed by atoms with Crippen LogP contribution in [0.2, 0.25) is 0 Å². The highest BCUT2D eigenvalue weighted by Crippen LogP contribution is 2.35. The molecule has 0 amide bonds. The molecule has 1 rings (SSSR count). The molecule has 0 bridgehead atoms. The molecule has 1 heterocycles. The van der Waals surface area contributed by atoms with Gasteiger partial charge in [0.2, 0.25) is 5.03 Å². The van der Waals surface area contributed by atoms with Crippen molar-refractivity contribution in [2.45, 2.75) is 11.5 Å². The zero-order valence-corrected chi connectivity index (χ0v) is 11.3. The van der Waals surface area contributed by atoms with Gasteiger partial charge in [0.05, 0.1) is 10.5 Å². The van der Waals surface area contributed by atoms with Crippen molar-refractivity contribution >= 4 is 48.0 Å². The van der Waals surface area contributed by atoms with Gasteiger partial charge in [-0.2, -0.15) is 0 Å². The van der Waals surface area contributed by atoms with E-state index in [1.807, 2.05) is 0 Å². The Hall–Kier alpha value is -0.620. The van der Waals surface area contributed by atoms with E-state index >= 15 is 0 Å². The van der Waals surface area contributed by atoms with Crippen LogP contribution in [0.5, 0.6) is 0 Å². The van der Waals surface area contributed by atoms with E-state index in [1.165, 1.54) is 22.6 Å². The Morgan fingerprint density at radius 3 is 2.41 bits per heavy atom. The molecule has 0 aliphatic heterocycles. The third-order valence-corrected chi connectivity index (χ3v) is 3.97. The Kier molecular flexibility index (Phi) is 4.19. The number of alkyl halides is 2. The molecule has 6 nitrogen and oxygen atoms in total. The fourth-order valence-electron chi connectivity index (χ4n) is 0.965. The molecule has 0 fully saturated rings. The number of hydrogen-bond donors (Lipinski definition) is 0. The standard InChI is InChI=1S/C6H2ClF2IN2O4S/c7-17(15,16)6-4(12(13)14)3(10)2(1-11-6)5(8)9/h1,5H. The van der Waals surface area contributed by atoms with Crippen molar-refractivity contribution in [3.05, 3.63) is 25.4 Å². The highest BCUT2D eigenvalue weighted by Gasteiger charge is 2.32. The third kappa shape index (κ3) is 2.98. The monoisotopic (exact) mass is 398 g/mol. The molecule has 17 heavy (non-hydrogen) atoms. The molecule has 0 aliphatic rings. The molecule has 0 saturated heterocycles.